The van der Waals surface area contributed by atoms with Gasteiger partial charge in [0.05, 0.1) is 11.9 Å². The second-order valence-electron chi connectivity index (χ2n) is 8.45. The van der Waals surface area contributed by atoms with Gasteiger partial charge in [-0.05, 0) is 54.4 Å². The summed E-state index contributed by atoms with van der Waals surface area (Å²) in [6.07, 6.45) is 5.82. The highest BCUT2D eigenvalue weighted by molar-refractivity contribution is 7.85. The van der Waals surface area contributed by atoms with Crippen molar-refractivity contribution >= 4 is 10.1 Å². The predicted octanol–water partition coefficient (Wildman–Crippen LogP) is 2.87. The van der Waals surface area contributed by atoms with E-state index in [0.717, 1.165) is 50.0 Å². The lowest BCUT2D eigenvalue weighted by Crippen LogP contribution is -2.21. The molecule has 0 bridgehead atoms. The van der Waals surface area contributed by atoms with Crippen LogP contribution in [0.4, 0.5) is 4.39 Å². The second kappa shape index (κ2) is 8.24. The van der Waals surface area contributed by atoms with Gasteiger partial charge in [-0.2, -0.15) is 8.42 Å². The summed E-state index contributed by atoms with van der Waals surface area (Å²) >= 11 is 0. The Hall–Kier alpha value is -2.03. The van der Waals surface area contributed by atoms with Crippen LogP contribution in [0.1, 0.15) is 47.1 Å². The number of hydrogen-bond donors (Lipinski definition) is 2. The highest BCUT2D eigenvalue weighted by atomic mass is 32.2. The fraction of sp³-hybridized carbons (Fsp3) is 0.500. The van der Waals surface area contributed by atoms with Crippen molar-refractivity contribution in [1.82, 2.24) is 9.88 Å². The molecule has 0 unspecified atom stereocenters. The van der Waals surface area contributed by atoms with Gasteiger partial charge in [0.1, 0.15) is 6.17 Å². The van der Waals surface area contributed by atoms with E-state index in [4.69, 9.17) is 4.55 Å². The molecule has 0 amide bonds. The molecule has 3 aliphatic rings. The molecule has 8 heteroatoms. The number of hydrogen-bond acceptors (Lipinski definition) is 4. The van der Waals surface area contributed by atoms with Crippen LogP contribution in [-0.2, 0) is 35.9 Å². The molecular formula is C22H27FN2O4S. The molecule has 2 aliphatic carbocycles. The SMILES string of the molecule is CS(=O)(=O)O.O=c1[nH]c2c(c3c1CCCC3)Cc1c(CN3CC[C@H](F)C3)cccc1-2. The lowest BCUT2D eigenvalue weighted by Gasteiger charge is -2.18. The summed E-state index contributed by atoms with van der Waals surface area (Å²) in [6, 6.07) is 6.36. The number of alkyl halides is 1. The number of rotatable bonds is 2. The first kappa shape index (κ1) is 21.2. The molecule has 1 aliphatic heterocycles. The van der Waals surface area contributed by atoms with Gasteiger partial charge in [-0.3, -0.25) is 14.2 Å². The Morgan fingerprint density at radius 1 is 1.17 bits per heavy atom. The van der Waals surface area contributed by atoms with Crippen molar-refractivity contribution in [3.05, 3.63) is 56.4 Å². The molecule has 2 aromatic rings. The number of pyridine rings is 1. The maximum absolute atomic E-state index is 13.5. The Kier molecular flexibility index (Phi) is 5.83. The van der Waals surface area contributed by atoms with E-state index in [1.807, 2.05) is 0 Å². The summed E-state index contributed by atoms with van der Waals surface area (Å²) in [6.45, 7) is 2.19. The zero-order valence-corrected chi connectivity index (χ0v) is 17.9. The van der Waals surface area contributed by atoms with Crippen molar-refractivity contribution < 1.29 is 17.4 Å². The first-order chi connectivity index (χ1) is 14.2. The van der Waals surface area contributed by atoms with Gasteiger partial charge in [0.2, 0.25) is 0 Å². The Bertz CT molecular complexity index is 1120. The van der Waals surface area contributed by atoms with E-state index in [2.05, 4.69) is 28.1 Å². The van der Waals surface area contributed by atoms with Gasteiger partial charge in [-0.1, -0.05) is 18.2 Å². The molecule has 6 nitrogen and oxygen atoms in total. The molecule has 1 fully saturated rings. The molecular weight excluding hydrogens is 407 g/mol. The van der Waals surface area contributed by atoms with Crippen LogP contribution in [0.25, 0.3) is 11.3 Å². The minimum Gasteiger partial charge on any atom is -0.321 e. The third-order valence-electron chi connectivity index (χ3n) is 6.15. The van der Waals surface area contributed by atoms with Crippen molar-refractivity contribution in [3.8, 4) is 11.3 Å². The molecule has 0 saturated carbocycles. The molecule has 1 aromatic carbocycles. The molecule has 1 saturated heterocycles. The van der Waals surface area contributed by atoms with Crippen molar-refractivity contribution in [2.75, 3.05) is 19.3 Å². The molecule has 162 valence electrons. The Labute approximate surface area is 175 Å². The van der Waals surface area contributed by atoms with Crippen LogP contribution in [0.5, 0.6) is 0 Å². The fourth-order valence-electron chi connectivity index (χ4n) is 4.90. The predicted molar refractivity (Wildman–Crippen MR) is 114 cm³/mol. The number of halogens is 1. The average molecular weight is 435 g/mol. The summed E-state index contributed by atoms with van der Waals surface area (Å²) < 4.78 is 39.4. The fourth-order valence-corrected chi connectivity index (χ4v) is 4.90. The van der Waals surface area contributed by atoms with E-state index in [9.17, 15) is 17.6 Å². The number of aromatic amines is 1. The maximum Gasteiger partial charge on any atom is 0.261 e. The largest absolute Gasteiger partial charge is 0.321 e. The lowest BCUT2D eigenvalue weighted by molar-refractivity contribution is 0.282. The van der Waals surface area contributed by atoms with Crippen LogP contribution < -0.4 is 5.56 Å². The normalized spacial score (nSPS) is 20.2. The minimum absolute atomic E-state index is 0.103. The molecule has 2 heterocycles. The van der Waals surface area contributed by atoms with Crippen LogP contribution in [0.15, 0.2) is 23.0 Å². The van der Waals surface area contributed by atoms with Gasteiger partial charge in [-0.25, -0.2) is 4.39 Å². The smallest absolute Gasteiger partial charge is 0.261 e. The third kappa shape index (κ3) is 4.50. The second-order valence-corrected chi connectivity index (χ2v) is 9.91. The Morgan fingerprint density at radius 2 is 1.87 bits per heavy atom. The topological polar surface area (TPSA) is 90.5 Å². The van der Waals surface area contributed by atoms with Crippen molar-refractivity contribution in [2.45, 2.75) is 51.2 Å². The number of nitrogens with one attached hydrogen (secondary N) is 1. The van der Waals surface area contributed by atoms with Gasteiger partial charge >= 0.3 is 0 Å². The zero-order chi connectivity index (χ0) is 21.5. The van der Waals surface area contributed by atoms with E-state index in [0.29, 0.717) is 19.2 Å². The van der Waals surface area contributed by atoms with E-state index in [-0.39, 0.29) is 5.56 Å². The monoisotopic (exact) mass is 434 g/mol. The molecule has 1 atom stereocenters. The standard InChI is InChI=1S/C21H23FN2O.CH4O3S/c22-14-8-9-24(12-14)11-13-4-3-7-16-18(13)10-19-15-5-1-2-6-17(15)21(25)23-20(16)19;1-5(2,3)4/h3-4,7,14H,1-2,5-6,8-12H2,(H,23,25);1H3,(H,2,3,4)/t14-;/m0./s1. The number of H-pyrrole nitrogens is 1. The minimum atomic E-state index is -3.67. The number of nitrogens with zero attached hydrogens (tertiary/aromatic N) is 1. The number of benzene rings is 1. The zero-order valence-electron chi connectivity index (χ0n) is 17.1. The Balaban J connectivity index is 0.000000393. The van der Waals surface area contributed by atoms with Crippen LogP contribution in [0.3, 0.4) is 0 Å². The molecule has 0 radical (unpaired) electrons. The van der Waals surface area contributed by atoms with Crippen molar-refractivity contribution in [1.29, 1.82) is 0 Å². The van der Waals surface area contributed by atoms with Crippen LogP contribution in [0.2, 0.25) is 0 Å². The van der Waals surface area contributed by atoms with E-state index >= 15 is 0 Å². The number of fused-ring (bicyclic) bond motifs is 5. The van der Waals surface area contributed by atoms with Crippen LogP contribution >= 0.6 is 0 Å². The number of likely N-dealkylation sites (tertiary alicyclic amines) is 1. The third-order valence-corrected chi connectivity index (χ3v) is 6.15. The average Bonchev–Trinajstić information content (AvgIpc) is 3.25. The van der Waals surface area contributed by atoms with Crippen molar-refractivity contribution in [3.63, 3.8) is 0 Å². The van der Waals surface area contributed by atoms with Crippen LogP contribution in [-0.4, -0.2) is 48.4 Å². The first-order valence-corrected chi connectivity index (χ1v) is 12.2. The molecule has 5 rings (SSSR count). The van der Waals surface area contributed by atoms with Gasteiger partial charge in [0.25, 0.3) is 15.7 Å². The lowest BCUT2D eigenvalue weighted by atomic mass is 9.88. The highest BCUT2D eigenvalue weighted by Crippen LogP contribution is 2.40. The quantitative estimate of drug-likeness (QED) is 0.606. The molecule has 30 heavy (non-hydrogen) atoms. The van der Waals surface area contributed by atoms with Gasteiger partial charge in [0, 0.05) is 37.2 Å². The summed E-state index contributed by atoms with van der Waals surface area (Å²) in [7, 11) is -3.67. The van der Waals surface area contributed by atoms with E-state index in [1.165, 1.54) is 34.2 Å². The number of aromatic nitrogens is 1. The van der Waals surface area contributed by atoms with E-state index < -0.39 is 16.3 Å². The van der Waals surface area contributed by atoms with Gasteiger partial charge in [-0.15, -0.1) is 0 Å². The maximum atomic E-state index is 13.5. The molecule has 0 spiro atoms. The van der Waals surface area contributed by atoms with Gasteiger partial charge in [0.15, 0.2) is 0 Å². The van der Waals surface area contributed by atoms with E-state index in [1.54, 1.807) is 0 Å². The molecule has 1 aromatic heterocycles. The first-order valence-electron chi connectivity index (χ1n) is 10.4. The summed E-state index contributed by atoms with van der Waals surface area (Å²) in [5.41, 5.74) is 8.58. The highest BCUT2D eigenvalue weighted by Gasteiger charge is 2.29. The summed E-state index contributed by atoms with van der Waals surface area (Å²) in [5, 5.41) is 0. The van der Waals surface area contributed by atoms with Crippen molar-refractivity contribution in [2.24, 2.45) is 0 Å². The van der Waals surface area contributed by atoms with Crippen LogP contribution in [0, 0.1) is 0 Å². The summed E-state index contributed by atoms with van der Waals surface area (Å²) in [5.74, 6) is 0. The summed E-state index contributed by atoms with van der Waals surface area (Å²) in [4.78, 5) is 17.9. The molecule has 2 N–H and O–H groups in total. The van der Waals surface area contributed by atoms with Gasteiger partial charge < -0.3 is 4.98 Å². The Morgan fingerprint density at radius 3 is 2.53 bits per heavy atom.